The molecule has 0 bridgehead atoms. The molecule has 1 amide bonds. The van der Waals surface area contributed by atoms with Crippen LogP contribution in [0.15, 0.2) is 24.3 Å². The third-order valence-electron chi connectivity index (χ3n) is 3.00. The average Bonchev–Trinajstić information content (AvgIpc) is 2.50. The Morgan fingerprint density at radius 3 is 2.40 bits per heavy atom. The van der Waals surface area contributed by atoms with Gasteiger partial charge in [0.25, 0.3) is 0 Å². The second-order valence-electron chi connectivity index (χ2n) is 5.35. The summed E-state index contributed by atoms with van der Waals surface area (Å²) < 4.78 is 42.5. The van der Waals surface area contributed by atoms with Gasteiger partial charge in [-0.05, 0) is 31.3 Å². The number of amides is 1. The standard InChI is InChI=1S/C15H19F3N2O5/c1-20(8-13(22)19-6-14(23)24)7-11(21)9-25-12-4-2-10(3-5-12)15(16,17)18/h2-5,11,21H,6-9H2,1H3,(H,19,22)(H,23,24). The van der Waals surface area contributed by atoms with Gasteiger partial charge in [-0.3, -0.25) is 14.5 Å². The number of carbonyl (C=O) groups excluding carboxylic acids is 1. The quantitative estimate of drug-likeness (QED) is 0.593. The van der Waals surface area contributed by atoms with Gasteiger partial charge in [0.15, 0.2) is 0 Å². The van der Waals surface area contributed by atoms with Crippen LogP contribution in [0.1, 0.15) is 5.56 Å². The summed E-state index contributed by atoms with van der Waals surface area (Å²) in [6.45, 7) is -0.732. The SMILES string of the molecule is CN(CC(=O)NCC(=O)O)CC(O)COc1ccc(C(F)(F)F)cc1. The molecule has 0 saturated heterocycles. The van der Waals surface area contributed by atoms with E-state index in [9.17, 15) is 27.9 Å². The van der Waals surface area contributed by atoms with Crippen LogP contribution in [0, 0.1) is 0 Å². The number of ether oxygens (including phenoxy) is 1. The number of benzene rings is 1. The minimum atomic E-state index is -4.43. The number of carbonyl (C=O) groups is 2. The van der Waals surface area contributed by atoms with Gasteiger partial charge in [-0.2, -0.15) is 13.2 Å². The van der Waals surface area contributed by atoms with Crippen LogP contribution in [0.5, 0.6) is 5.75 Å². The topological polar surface area (TPSA) is 99.1 Å². The zero-order valence-corrected chi connectivity index (χ0v) is 13.4. The number of nitrogens with zero attached hydrogens (tertiary/aromatic N) is 1. The molecule has 1 aromatic rings. The molecule has 0 spiro atoms. The fraction of sp³-hybridized carbons (Fsp3) is 0.467. The number of aliphatic hydroxyl groups is 1. The van der Waals surface area contributed by atoms with Crippen molar-refractivity contribution in [3.05, 3.63) is 29.8 Å². The molecule has 0 radical (unpaired) electrons. The largest absolute Gasteiger partial charge is 0.491 e. The highest BCUT2D eigenvalue weighted by Crippen LogP contribution is 2.30. The highest BCUT2D eigenvalue weighted by molar-refractivity contribution is 5.82. The molecule has 0 aliphatic rings. The van der Waals surface area contributed by atoms with Crippen molar-refractivity contribution in [2.24, 2.45) is 0 Å². The van der Waals surface area contributed by atoms with Gasteiger partial charge in [0.2, 0.25) is 5.91 Å². The summed E-state index contributed by atoms with van der Waals surface area (Å²) in [4.78, 5) is 23.2. The van der Waals surface area contributed by atoms with Crippen molar-refractivity contribution >= 4 is 11.9 Å². The molecule has 1 aromatic carbocycles. The highest BCUT2D eigenvalue weighted by Gasteiger charge is 2.30. The third kappa shape index (κ3) is 8.36. The average molecular weight is 364 g/mol. The molecule has 0 aliphatic carbocycles. The van der Waals surface area contributed by atoms with Gasteiger partial charge in [0, 0.05) is 6.54 Å². The van der Waals surface area contributed by atoms with Crippen molar-refractivity contribution in [3.63, 3.8) is 0 Å². The molecule has 1 rings (SSSR count). The van der Waals surface area contributed by atoms with Gasteiger partial charge in [-0.1, -0.05) is 0 Å². The Labute approximate surface area is 142 Å². The summed E-state index contributed by atoms with van der Waals surface area (Å²) in [6.07, 6.45) is -5.42. The number of hydrogen-bond acceptors (Lipinski definition) is 5. The van der Waals surface area contributed by atoms with Gasteiger partial charge >= 0.3 is 12.1 Å². The van der Waals surface area contributed by atoms with E-state index in [4.69, 9.17) is 9.84 Å². The van der Waals surface area contributed by atoms with E-state index in [1.807, 2.05) is 0 Å². The smallest absolute Gasteiger partial charge is 0.416 e. The first-order chi connectivity index (χ1) is 11.6. The van der Waals surface area contributed by atoms with E-state index in [1.54, 1.807) is 7.05 Å². The van der Waals surface area contributed by atoms with Crippen molar-refractivity contribution in [2.75, 3.05) is 33.3 Å². The fourth-order valence-corrected chi connectivity index (χ4v) is 1.88. The number of likely N-dealkylation sites (N-methyl/N-ethyl adjacent to an activating group) is 1. The van der Waals surface area contributed by atoms with E-state index in [0.717, 1.165) is 24.3 Å². The molecule has 0 aliphatic heterocycles. The van der Waals surface area contributed by atoms with Gasteiger partial charge < -0.3 is 20.3 Å². The lowest BCUT2D eigenvalue weighted by Crippen LogP contribution is -2.41. The summed E-state index contributed by atoms with van der Waals surface area (Å²) in [5.41, 5.74) is -0.799. The maximum absolute atomic E-state index is 12.4. The van der Waals surface area contributed by atoms with Crippen molar-refractivity contribution < 1.29 is 37.7 Å². The second-order valence-corrected chi connectivity index (χ2v) is 5.35. The van der Waals surface area contributed by atoms with Gasteiger partial charge in [0.1, 0.15) is 25.0 Å². The summed E-state index contributed by atoms with van der Waals surface area (Å²) >= 11 is 0. The van der Waals surface area contributed by atoms with E-state index in [2.05, 4.69) is 5.32 Å². The zero-order valence-electron chi connectivity index (χ0n) is 13.4. The van der Waals surface area contributed by atoms with Crippen LogP contribution in [0.4, 0.5) is 13.2 Å². The Morgan fingerprint density at radius 2 is 1.88 bits per heavy atom. The summed E-state index contributed by atoms with van der Waals surface area (Å²) in [6, 6.07) is 4.05. The predicted molar refractivity (Wildman–Crippen MR) is 81.1 cm³/mol. The van der Waals surface area contributed by atoms with E-state index >= 15 is 0 Å². The van der Waals surface area contributed by atoms with E-state index < -0.39 is 36.3 Å². The molecule has 0 fully saturated rings. The lowest BCUT2D eigenvalue weighted by atomic mass is 10.2. The number of rotatable bonds is 9. The number of alkyl halides is 3. The first-order valence-corrected chi connectivity index (χ1v) is 7.23. The molecule has 140 valence electrons. The second kappa shape index (κ2) is 9.23. The maximum Gasteiger partial charge on any atom is 0.416 e. The third-order valence-corrected chi connectivity index (χ3v) is 3.00. The molecule has 0 heterocycles. The van der Waals surface area contributed by atoms with Crippen LogP contribution >= 0.6 is 0 Å². The predicted octanol–water partition coefficient (Wildman–Crippen LogP) is 0.578. The normalized spacial score (nSPS) is 12.7. The summed E-state index contributed by atoms with van der Waals surface area (Å²) in [5, 5.41) is 20.4. The van der Waals surface area contributed by atoms with Gasteiger partial charge in [-0.25, -0.2) is 0 Å². The number of nitrogens with one attached hydrogen (secondary N) is 1. The Bertz CT molecular complexity index is 578. The summed E-state index contributed by atoms with van der Waals surface area (Å²) in [5.74, 6) is -1.50. The Hall–Kier alpha value is -2.33. The molecular weight excluding hydrogens is 345 g/mol. The number of hydrogen-bond donors (Lipinski definition) is 3. The van der Waals surface area contributed by atoms with E-state index in [-0.39, 0.29) is 25.4 Å². The lowest BCUT2D eigenvalue weighted by Gasteiger charge is -2.20. The van der Waals surface area contributed by atoms with Gasteiger partial charge in [-0.15, -0.1) is 0 Å². The van der Waals surface area contributed by atoms with Crippen LogP contribution in [0.2, 0.25) is 0 Å². The van der Waals surface area contributed by atoms with Crippen LogP contribution < -0.4 is 10.1 Å². The molecule has 0 aromatic heterocycles. The number of aliphatic hydroxyl groups excluding tert-OH is 1. The van der Waals surface area contributed by atoms with Crippen molar-refractivity contribution in [2.45, 2.75) is 12.3 Å². The monoisotopic (exact) mass is 364 g/mol. The molecular formula is C15H19F3N2O5. The van der Waals surface area contributed by atoms with Crippen molar-refractivity contribution in [1.82, 2.24) is 10.2 Å². The van der Waals surface area contributed by atoms with Crippen molar-refractivity contribution in [3.8, 4) is 5.75 Å². The van der Waals surface area contributed by atoms with Crippen LogP contribution in [-0.4, -0.2) is 66.4 Å². The zero-order chi connectivity index (χ0) is 19.0. The maximum atomic E-state index is 12.4. The Morgan fingerprint density at radius 1 is 1.28 bits per heavy atom. The molecule has 10 heteroatoms. The van der Waals surface area contributed by atoms with Crippen molar-refractivity contribution in [1.29, 1.82) is 0 Å². The minimum Gasteiger partial charge on any atom is -0.491 e. The molecule has 1 unspecified atom stereocenters. The number of aliphatic carboxylic acids is 1. The highest BCUT2D eigenvalue weighted by atomic mass is 19.4. The minimum absolute atomic E-state index is 0.0567. The Kier molecular flexibility index (Phi) is 7.65. The molecule has 3 N–H and O–H groups in total. The van der Waals surface area contributed by atoms with Crippen LogP contribution in [0.25, 0.3) is 0 Å². The van der Waals surface area contributed by atoms with E-state index in [1.165, 1.54) is 4.90 Å². The Balaban J connectivity index is 2.35. The van der Waals surface area contributed by atoms with Crippen LogP contribution in [0.3, 0.4) is 0 Å². The molecule has 1 atom stereocenters. The molecule has 25 heavy (non-hydrogen) atoms. The molecule has 7 nitrogen and oxygen atoms in total. The van der Waals surface area contributed by atoms with Crippen LogP contribution in [-0.2, 0) is 15.8 Å². The number of carboxylic acid groups (broad SMARTS) is 1. The van der Waals surface area contributed by atoms with E-state index in [0.29, 0.717) is 0 Å². The fourth-order valence-electron chi connectivity index (χ4n) is 1.88. The summed E-state index contributed by atoms with van der Waals surface area (Å²) in [7, 11) is 1.54. The van der Waals surface area contributed by atoms with Gasteiger partial charge in [0.05, 0.1) is 12.1 Å². The molecule has 0 saturated carbocycles. The lowest BCUT2D eigenvalue weighted by molar-refractivity contribution is -0.138. The number of halogens is 3. The first kappa shape index (κ1) is 20.7. The number of carboxylic acids is 1. The first-order valence-electron chi connectivity index (χ1n) is 7.23.